The van der Waals surface area contributed by atoms with Crippen molar-refractivity contribution in [3.05, 3.63) is 95.1 Å². The summed E-state index contributed by atoms with van der Waals surface area (Å²) < 4.78 is 27.1. The van der Waals surface area contributed by atoms with Gasteiger partial charge in [0.2, 0.25) is 0 Å². The van der Waals surface area contributed by atoms with Gasteiger partial charge in [-0.1, -0.05) is 30.3 Å². The van der Waals surface area contributed by atoms with Crippen molar-refractivity contribution in [2.45, 2.75) is 18.9 Å². The number of carbonyl (C=O) groups is 2. The number of anilines is 2. The molecule has 0 bridgehead atoms. The molecule has 5 nitrogen and oxygen atoms in total. The third kappa shape index (κ3) is 5.00. The van der Waals surface area contributed by atoms with E-state index in [1.54, 1.807) is 54.6 Å². The van der Waals surface area contributed by atoms with Crippen molar-refractivity contribution in [1.29, 1.82) is 0 Å². The number of halogens is 2. The van der Waals surface area contributed by atoms with Crippen LogP contribution < -0.4 is 16.4 Å². The molecule has 1 aliphatic rings. The summed E-state index contributed by atoms with van der Waals surface area (Å²) in [6.45, 7) is 0. The SMILES string of the molecule is Nc1ccccc1NC(=O)c1ccc(/C=C(/C(=O)NC2CC2)c2ccc(F)c(F)c2)cc1. The van der Waals surface area contributed by atoms with Gasteiger partial charge in [-0.15, -0.1) is 0 Å². The van der Waals surface area contributed by atoms with Crippen LogP contribution in [0.1, 0.15) is 34.3 Å². The first-order valence-electron chi connectivity index (χ1n) is 10.1. The molecular formula is C25H21F2N3O2. The van der Waals surface area contributed by atoms with E-state index in [4.69, 9.17) is 5.73 Å². The number of hydrogen-bond acceptors (Lipinski definition) is 3. The van der Waals surface area contributed by atoms with Gasteiger partial charge < -0.3 is 16.4 Å². The second-order valence-electron chi connectivity index (χ2n) is 7.60. The predicted molar refractivity (Wildman–Crippen MR) is 121 cm³/mol. The molecule has 0 atom stereocenters. The summed E-state index contributed by atoms with van der Waals surface area (Å²) in [5.74, 6) is -2.70. The van der Waals surface area contributed by atoms with Gasteiger partial charge in [0.05, 0.1) is 11.4 Å². The molecule has 4 N–H and O–H groups in total. The summed E-state index contributed by atoms with van der Waals surface area (Å²) in [4.78, 5) is 25.2. The third-order valence-corrected chi connectivity index (χ3v) is 5.08. The second-order valence-corrected chi connectivity index (χ2v) is 7.60. The van der Waals surface area contributed by atoms with Crippen molar-refractivity contribution in [3.63, 3.8) is 0 Å². The van der Waals surface area contributed by atoms with Crippen molar-refractivity contribution in [2.24, 2.45) is 0 Å². The Labute approximate surface area is 183 Å². The first-order valence-corrected chi connectivity index (χ1v) is 10.1. The Hall–Kier alpha value is -4.00. The number of benzene rings is 3. The average Bonchev–Trinajstić information content (AvgIpc) is 3.60. The molecule has 3 aromatic carbocycles. The highest BCUT2D eigenvalue weighted by Gasteiger charge is 2.25. The zero-order valence-electron chi connectivity index (χ0n) is 17.1. The highest BCUT2D eigenvalue weighted by atomic mass is 19.2. The molecule has 0 spiro atoms. The van der Waals surface area contributed by atoms with Crippen molar-refractivity contribution >= 4 is 34.8 Å². The summed E-state index contributed by atoms with van der Waals surface area (Å²) in [5, 5.41) is 5.62. The van der Waals surface area contributed by atoms with E-state index < -0.39 is 11.6 Å². The lowest BCUT2D eigenvalue weighted by Crippen LogP contribution is -2.26. The topological polar surface area (TPSA) is 84.2 Å². The molecule has 1 saturated carbocycles. The fourth-order valence-electron chi connectivity index (χ4n) is 3.14. The summed E-state index contributed by atoms with van der Waals surface area (Å²) in [5.41, 5.74) is 8.34. The fraction of sp³-hybridized carbons (Fsp3) is 0.120. The molecule has 0 radical (unpaired) electrons. The minimum Gasteiger partial charge on any atom is -0.397 e. The standard InChI is InChI=1S/C25H21F2N3O2/c26-20-12-9-17(14-21(20)27)19(25(32)29-18-10-11-18)13-15-5-7-16(8-6-15)24(31)30-23-4-2-1-3-22(23)28/h1-9,12-14,18H,10-11,28H2,(H,29,32)(H,30,31)/b19-13+. The van der Waals surface area contributed by atoms with E-state index in [-0.39, 0.29) is 29.0 Å². The van der Waals surface area contributed by atoms with Gasteiger partial charge in [-0.2, -0.15) is 0 Å². The van der Waals surface area contributed by atoms with Gasteiger partial charge in [-0.25, -0.2) is 8.78 Å². The van der Waals surface area contributed by atoms with Gasteiger partial charge in [-0.3, -0.25) is 9.59 Å². The fourth-order valence-corrected chi connectivity index (χ4v) is 3.14. The maximum atomic E-state index is 13.8. The Morgan fingerprint density at radius 3 is 2.25 bits per heavy atom. The van der Waals surface area contributed by atoms with E-state index in [9.17, 15) is 18.4 Å². The molecule has 162 valence electrons. The van der Waals surface area contributed by atoms with Crippen LogP contribution in [0.3, 0.4) is 0 Å². The van der Waals surface area contributed by atoms with Crippen LogP contribution in [0.2, 0.25) is 0 Å². The van der Waals surface area contributed by atoms with E-state index in [0.29, 0.717) is 22.5 Å². The van der Waals surface area contributed by atoms with Crippen LogP contribution in [0.4, 0.5) is 20.2 Å². The Bertz CT molecular complexity index is 1200. The van der Waals surface area contributed by atoms with Crippen LogP contribution in [-0.2, 0) is 4.79 Å². The van der Waals surface area contributed by atoms with Gasteiger partial charge >= 0.3 is 0 Å². The van der Waals surface area contributed by atoms with Gasteiger partial charge in [-0.05, 0) is 66.4 Å². The molecule has 7 heteroatoms. The first kappa shape index (κ1) is 21.2. The number of nitrogen functional groups attached to an aromatic ring is 1. The van der Waals surface area contributed by atoms with E-state index in [0.717, 1.165) is 25.0 Å². The summed E-state index contributed by atoms with van der Waals surface area (Å²) in [6, 6.07) is 17.0. The molecule has 0 heterocycles. The zero-order valence-corrected chi connectivity index (χ0v) is 17.1. The van der Waals surface area contributed by atoms with Crippen LogP contribution in [0, 0.1) is 11.6 Å². The van der Waals surface area contributed by atoms with E-state index in [1.807, 2.05) is 0 Å². The quantitative estimate of drug-likeness (QED) is 0.301. The van der Waals surface area contributed by atoms with Gasteiger partial charge in [0.25, 0.3) is 11.8 Å². The lowest BCUT2D eigenvalue weighted by Gasteiger charge is -2.10. The number of para-hydroxylation sites is 2. The summed E-state index contributed by atoms with van der Waals surface area (Å²) in [6.07, 6.45) is 3.38. The maximum absolute atomic E-state index is 13.8. The predicted octanol–water partition coefficient (Wildman–Crippen LogP) is 4.62. The number of hydrogen-bond donors (Lipinski definition) is 3. The molecular weight excluding hydrogens is 412 g/mol. The van der Waals surface area contributed by atoms with Gasteiger partial charge in [0.1, 0.15) is 0 Å². The zero-order chi connectivity index (χ0) is 22.7. The van der Waals surface area contributed by atoms with Crippen molar-refractivity contribution < 1.29 is 18.4 Å². The van der Waals surface area contributed by atoms with Crippen LogP contribution >= 0.6 is 0 Å². The minimum atomic E-state index is -1.03. The molecule has 4 rings (SSSR count). The monoisotopic (exact) mass is 433 g/mol. The van der Waals surface area contributed by atoms with E-state index in [2.05, 4.69) is 10.6 Å². The van der Waals surface area contributed by atoms with Crippen LogP contribution in [0.5, 0.6) is 0 Å². The molecule has 1 fully saturated rings. The van der Waals surface area contributed by atoms with E-state index in [1.165, 1.54) is 6.07 Å². The smallest absolute Gasteiger partial charge is 0.255 e. The summed E-state index contributed by atoms with van der Waals surface area (Å²) >= 11 is 0. The van der Waals surface area contributed by atoms with Crippen molar-refractivity contribution in [1.82, 2.24) is 5.32 Å². The largest absolute Gasteiger partial charge is 0.397 e. The minimum absolute atomic E-state index is 0.104. The molecule has 0 aliphatic heterocycles. The molecule has 0 saturated heterocycles. The molecule has 3 aromatic rings. The highest BCUT2D eigenvalue weighted by Crippen LogP contribution is 2.25. The summed E-state index contributed by atoms with van der Waals surface area (Å²) in [7, 11) is 0. The number of nitrogens with two attached hydrogens (primary N) is 1. The average molecular weight is 433 g/mol. The lowest BCUT2D eigenvalue weighted by molar-refractivity contribution is -0.115. The Morgan fingerprint density at radius 1 is 0.906 bits per heavy atom. The Morgan fingerprint density at radius 2 is 1.59 bits per heavy atom. The molecule has 0 unspecified atom stereocenters. The Balaban J connectivity index is 1.58. The number of amides is 2. The Kier molecular flexibility index (Phi) is 5.98. The first-order chi connectivity index (χ1) is 15.4. The van der Waals surface area contributed by atoms with Crippen LogP contribution in [-0.4, -0.2) is 17.9 Å². The highest BCUT2D eigenvalue weighted by molar-refractivity contribution is 6.24. The number of nitrogens with one attached hydrogen (secondary N) is 2. The van der Waals surface area contributed by atoms with Crippen molar-refractivity contribution in [3.8, 4) is 0 Å². The normalized spacial score (nSPS) is 13.5. The number of carbonyl (C=O) groups excluding carboxylic acids is 2. The molecule has 2 amide bonds. The van der Waals surface area contributed by atoms with Gasteiger partial charge in [0, 0.05) is 17.2 Å². The van der Waals surface area contributed by atoms with Crippen LogP contribution in [0.15, 0.2) is 66.7 Å². The van der Waals surface area contributed by atoms with Crippen molar-refractivity contribution in [2.75, 3.05) is 11.1 Å². The second kappa shape index (κ2) is 9.01. The molecule has 1 aliphatic carbocycles. The van der Waals surface area contributed by atoms with E-state index >= 15 is 0 Å². The lowest BCUT2D eigenvalue weighted by atomic mass is 10.0. The molecule has 0 aromatic heterocycles. The third-order valence-electron chi connectivity index (χ3n) is 5.08. The number of rotatable bonds is 6. The van der Waals surface area contributed by atoms with Crippen LogP contribution in [0.25, 0.3) is 11.6 Å². The molecule has 32 heavy (non-hydrogen) atoms. The maximum Gasteiger partial charge on any atom is 0.255 e. The van der Waals surface area contributed by atoms with Gasteiger partial charge in [0.15, 0.2) is 11.6 Å².